The number of rotatable bonds is 4. The topological polar surface area (TPSA) is 43.3 Å². The Hall–Kier alpha value is -1.32. The van der Waals surface area contributed by atoms with Crippen LogP contribution in [-0.2, 0) is 0 Å². The molecule has 154 valence electrons. The number of halogens is 1. The van der Waals surface area contributed by atoms with Gasteiger partial charge in [0.1, 0.15) is 5.75 Å². The summed E-state index contributed by atoms with van der Waals surface area (Å²) < 4.78 is 5.36. The van der Waals surface area contributed by atoms with E-state index in [1.807, 2.05) is 13.1 Å². The van der Waals surface area contributed by atoms with Gasteiger partial charge in [0.25, 0.3) is 0 Å². The van der Waals surface area contributed by atoms with Crippen molar-refractivity contribution < 1.29 is 4.74 Å². The largest absolute Gasteiger partial charge is 0.497 e. The Morgan fingerprint density at radius 3 is 2.64 bits per heavy atom. The summed E-state index contributed by atoms with van der Waals surface area (Å²) in [5, 5.41) is 3.62. The zero-order valence-corrected chi connectivity index (χ0v) is 19.3. The standard InChI is InChI=1S/C21H31N5O.HI/c1-22-21(23-15-19-16-24-10-12-25(19)13-11-24)26-8-6-17(7-9-26)18-4-3-5-20(14-18)27-2;/h3-6,14,19H,7-13,15-16H2,1-2H3,(H,22,23);1H. The molecule has 3 saturated heterocycles. The molecule has 1 atom stereocenters. The molecule has 1 aromatic carbocycles. The van der Waals surface area contributed by atoms with Crippen molar-refractivity contribution in [3.05, 3.63) is 35.9 Å². The van der Waals surface area contributed by atoms with Crippen LogP contribution in [0.1, 0.15) is 12.0 Å². The predicted molar refractivity (Wildman–Crippen MR) is 126 cm³/mol. The molecule has 1 N–H and O–H groups in total. The second-order valence-corrected chi connectivity index (χ2v) is 7.58. The summed E-state index contributed by atoms with van der Waals surface area (Å²) >= 11 is 0. The van der Waals surface area contributed by atoms with E-state index in [4.69, 9.17) is 4.74 Å². The Labute approximate surface area is 185 Å². The van der Waals surface area contributed by atoms with Crippen LogP contribution in [0.15, 0.2) is 35.3 Å². The number of nitrogens with one attached hydrogen (secondary N) is 1. The third-order valence-electron chi connectivity index (χ3n) is 6.05. The van der Waals surface area contributed by atoms with Crippen LogP contribution in [0, 0.1) is 0 Å². The van der Waals surface area contributed by atoms with Gasteiger partial charge >= 0.3 is 0 Å². The van der Waals surface area contributed by atoms with Crippen molar-refractivity contribution in [3.8, 4) is 5.75 Å². The van der Waals surface area contributed by atoms with Gasteiger partial charge in [0.05, 0.1) is 7.11 Å². The van der Waals surface area contributed by atoms with E-state index in [-0.39, 0.29) is 24.0 Å². The fourth-order valence-electron chi connectivity index (χ4n) is 4.41. The number of hydrogen-bond donors (Lipinski definition) is 1. The highest BCUT2D eigenvalue weighted by Gasteiger charge is 2.31. The predicted octanol–water partition coefficient (Wildman–Crippen LogP) is 1.98. The van der Waals surface area contributed by atoms with Crippen LogP contribution in [-0.4, -0.2) is 93.2 Å². The van der Waals surface area contributed by atoms with Crippen LogP contribution in [0.2, 0.25) is 0 Å². The first-order valence-electron chi connectivity index (χ1n) is 10.0. The van der Waals surface area contributed by atoms with Gasteiger partial charge in [-0.1, -0.05) is 18.2 Å². The molecule has 0 radical (unpaired) electrons. The molecular formula is C21H32IN5O. The van der Waals surface area contributed by atoms with Gasteiger partial charge in [-0.2, -0.15) is 0 Å². The van der Waals surface area contributed by atoms with Crippen molar-refractivity contribution in [2.75, 3.05) is 66.5 Å². The minimum atomic E-state index is 0. The van der Waals surface area contributed by atoms with Crippen LogP contribution < -0.4 is 10.1 Å². The number of benzene rings is 1. The smallest absolute Gasteiger partial charge is 0.193 e. The fourth-order valence-corrected chi connectivity index (χ4v) is 4.41. The lowest BCUT2D eigenvalue weighted by Gasteiger charge is -2.47. The molecule has 0 amide bonds. The molecule has 5 rings (SSSR count). The number of piperazine rings is 3. The third-order valence-corrected chi connectivity index (χ3v) is 6.05. The molecule has 3 fully saturated rings. The molecular weight excluding hydrogens is 465 g/mol. The summed E-state index contributed by atoms with van der Waals surface area (Å²) in [5.41, 5.74) is 2.65. The second kappa shape index (κ2) is 9.93. The van der Waals surface area contributed by atoms with Gasteiger partial charge < -0.3 is 15.0 Å². The Morgan fingerprint density at radius 1 is 1.21 bits per heavy atom. The van der Waals surface area contributed by atoms with Gasteiger partial charge in [-0.05, 0) is 29.7 Å². The lowest BCUT2D eigenvalue weighted by molar-refractivity contribution is 0.0152. The van der Waals surface area contributed by atoms with E-state index in [2.05, 4.69) is 49.3 Å². The van der Waals surface area contributed by atoms with E-state index in [0.717, 1.165) is 37.8 Å². The normalized spacial score (nSPS) is 27.1. The van der Waals surface area contributed by atoms with E-state index in [1.165, 1.54) is 43.9 Å². The summed E-state index contributed by atoms with van der Waals surface area (Å²) in [6, 6.07) is 8.95. The van der Waals surface area contributed by atoms with Gasteiger partial charge in [-0.15, -0.1) is 24.0 Å². The van der Waals surface area contributed by atoms with Gasteiger partial charge in [0.15, 0.2) is 5.96 Å². The number of aliphatic imine (C=N–C) groups is 1. The number of fused-ring (bicyclic) bond motifs is 3. The minimum absolute atomic E-state index is 0. The van der Waals surface area contributed by atoms with Crippen molar-refractivity contribution in [1.29, 1.82) is 0 Å². The lowest BCUT2D eigenvalue weighted by atomic mass is 9.99. The first kappa shape index (κ1) is 21.4. The average Bonchev–Trinajstić information content (AvgIpc) is 2.75. The maximum atomic E-state index is 5.36. The Kier molecular flexibility index (Phi) is 7.59. The van der Waals surface area contributed by atoms with Gasteiger partial charge in [-0.25, -0.2) is 0 Å². The fraction of sp³-hybridized carbons (Fsp3) is 0.571. The van der Waals surface area contributed by atoms with Gasteiger partial charge in [0, 0.05) is 65.4 Å². The zero-order valence-electron chi connectivity index (χ0n) is 16.9. The molecule has 4 aliphatic heterocycles. The number of hydrogen-bond acceptors (Lipinski definition) is 4. The minimum Gasteiger partial charge on any atom is -0.497 e. The van der Waals surface area contributed by atoms with E-state index in [0.29, 0.717) is 6.04 Å². The Balaban J connectivity index is 0.00000225. The highest BCUT2D eigenvalue weighted by molar-refractivity contribution is 14.0. The van der Waals surface area contributed by atoms with Crippen LogP contribution in [0.3, 0.4) is 0 Å². The summed E-state index contributed by atoms with van der Waals surface area (Å²) in [6.45, 7) is 8.93. The monoisotopic (exact) mass is 497 g/mol. The molecule has 2 bridgehead atoms. The molecule has 4 heterocycles. The number of methoxy groups -OCH3 is 1. The summed E-state index contributed by atoms with van der Waals surface area (Å²) in [5.74, 6) is 1.94. The molecule has 0 aromatic heterocycles. The molecule has 1 aromatic rings. The second-order valence-electron chi connectivity index (χ2n) is 7.58. The summed E-state index contributed by atoms with van der Waals surface area (Å²) in [6.07, 6.45) is 3.35. The number of nitrogens with zero attached hydrogens (tertiary/aromatic N) is 4. The molecule has 0 aliphatic carbocycles. The molecule has 4 aliphatic rings. The van der Waals surface area contributed by atoms with Crippen molar-refractivity contribution in [1.82, 2.24) is 20.0 Å². The molecule has 1 unspecified atom stereocenters. The van der Waals surface area contributed by atoms with Crippen LogP contribution >= 0.6 is 24.0 Å². The van der Waals surface area contributed by atoms with E-state index >= 15 is 0 Å². The van der Waals surface area contributed by atoms with Crippen LogP contribution in [0.4, 0.5) is 0 Å². The van der Waals surface area contributed by atoms with Crippen LogP contribution in [0.25, 0.3) is 5.57 Å². The molecule has 6 nitrogen and oxygen atoms in total. The Morgan fingerprint density at radius 2 is 2.04 bits per heavy atom. The summed E-state index contributed by atoms with van der Waals surface area (Å²) in [7, 11) is 3.61. The number of guanidine groups is 1. The van der Waals surface area contributed by atoms with Crippen LogP contribution in [0.5, 0.6) is 5.75 Å². The summed E-state index contributed by atoms with van der Waals surface area (Å²) in [4.78, 5) is 12.1. The molecule has 0 saturated carbocycles. The quantitative estimate of drug-likeness (QED) is 0.392. The SMILES string of the molecule is CN=C(NCC1CN2CCN1CC2)N1CC=C(c2cccc(OC)c2)CC1.I. The highest BCUT2D eigenvalue weighted by atomic mass is 127. The maximum absolute atomic E-state index is 5.36. The van der Waals surface area contributed by atoms with E-state index in [9.17, 15) is 0 Å². The van der Waals surface area contributed by atoms with E-state index in [1.54, 1.807) is 7.11 Å². The van der Waals surface area contributed by atoms with Gasteiger partial charge in [0.2, 0.25) is 0 Å². The molecule has 0 spiro atoms. The van der Waals surface area contributed by atoms with Gasteiger partial charge in [-0.3, -0.25) is 14.8 Å². The third kappa shape index (κ3) is 4.80. The molecule has 7 heteroatoms. The van der Waals surface area contributed by atoms with Crippen molar-refractivity contribution in [2.24, 2.45) is 4.99 Å². The molecule has 28 heavy (non-hydrogen) atoms. The average molecular weight is 497 g/mol. The lowest BCUT2D eigenvalue weighted by Crippen LogP contribution is -2.64. The highest BCUT2D eigenvalue weighted by Crippen LogP contribution is 2.25. The van der Waals surface area contributed by atoms with E-state index < -0.39 is 0 Å². The first-order chi connectivity index (χ1) is 13.3. The number of ether oxygens (including phenoxy) is 1. The van der Waals surface area contributed by atoms with Crippen molar-refractivity contribution in [2.45, 2.75) is 12.5 Å². The Bertz CT molecular complexity index is 715. The maximum Gasteiger partial charge on any atom is 0.193 e. The first-order valence-corrected chi connectivity index (χ1v) is 10.0. The van der Waals surface area contributed by atoms with Crippen molar-refractivity contribution >= 4 is 35.5 Å². The zero-order chi connectivity index (χ0) is 18.6. The van der Waals surface area contributed by atoms with Crippen molar-refractivity contribution in [3.63, 3.8) is 0 Å².